The Morgan fingerprint density at radius 3 is 2.24 bits per heavy atom. The molecule has 1 aliphatic heterocycles. The van der Waals surface area contributed by atoms with Crippen molar-refractivity contribution in [3.63, 3.8) is 0 Å². The molecular weight excluding hydrogens is 358 g/mol. The van der Waals surface area contributed by atoms with Crippen molar-refractivity contribution in [1.82, 2.24) is 15.2 Å². The van der Waals surface area contributed by atoms with Crippen molar-refractivity contribution >= 4 is 5.91 Å². The number of rotatable bonds is 6. The SMILES string of the molecule is O=C1CCC(NC(c2ccccc2)c2ccccc2)CCN1Cc1cccnc1. The van der Waals surface area contributed by atoms with Crippen molar-refractivity contribution in [2.45, 2.75) is 37.9 Å². The van der Waals surface area contributed by atoms with E-state index >= 15 is 0 Å². The summed E-state index contributed by atoms with van der Waals surface area (Å²) >= 11 is 0. The number of amides is 1. The van der Waals surface area contributed by atoms with Crippen LogP contribution in [-0.2, 0) is 11.3 Å². The van der Waals surface area contributed by atoms with Gasteiger partial charge >= 0.3 is 0 Å². The first-order chi connectivity index (χ1) is 14.3. The molecule has 0 saturated carbocycles. The smallest absolute Gasteiger partial charge is 0.222 e. The second kappa shape index (κ2) is 9.48. The van der Waals surface area contributed by atoms with E-state index in [0.717, 1.165) is 24.9 Å². The maximum Gasteiger partial charge on any atom is 0.222 e. The Labute approximate surface area is 172 Å². The highest BCUT2D eigenvalue weighted by Crippen LogP contribution is 2.25. The Hall–Kier alpha value is -2.98. The summed E-state index contributed by atoms with van der Waals surface area (Å²) in [6.07, 6.45) is 5.99. The quantitative estimate of drug-likeness (QED) is 0.686. The van der Waals surface area contributed by atoms with Gasteiger partial charge in [0, 0.05) is 37.9 Å². The summed E-state index contributed by atoms with van der Waals surface area (Å²) in [4.78, 5) is 18.8. The van der Waals surface area contributed by atoms with Gasteiger partial charge in [0.25, 0.3) is 0 Å². The van der Waals surface area contributed by atoms with E-state index in [-0.39, 0.29) is 11.9 Å². The van der Waals surface area contributed by atoms with Crippen LogP contribution in [0.1, 0.15) is 42.0 Å². The molecule has 2 aromatic carbocycles. The number of carbonyl (C=O) groups is 1. The summed E-state index contributed by atoms with van der Waals surface area (Å²) in [6.45, 7) is 1.40. The van der Waals surface area contributed by atoms with Gasteiger partial charge in [0.15, 0.2) is 0 Å². The molecule has 0 aliphatic carbocycles. The largest absolute Gasteiger partial charge is 0.338 e. The number of likely N-dealkylation sites (tertiary alicyclic amines) is 1. The average Bonchev–Trinajstić information content (AvgIpc) is 2.95. The van der Waals surface area contributed by atoms with E-state index in [9.17, 15) is 4.79 Å². The number of carbonyl (C=O) groups excluding carboxylic acids is 1. The molecule has 4 heteroatoms. The van der Waals surface area contributed by atoms with Gasteiger partial charge in [0.1, 0.15) is 0 Å². The molecule has 1 unspecified atom stereocenters. The minimum absolute atomic E-state index is 0.127. The standard InChI is InChI=1S/C25H27N3O/c29-24-14-13-23(15-17-28(24)19-20-8-7-16-26-18-20)27-25(21-9-3-1-4-10-21)22-11-5-2-6-12-22/h1-12,16,18,23,25,27H,13-15,17,19H2. The monoisotopic (exact) mass is 385 g/mol. The summed E-state index contributed by atoms with van der Waals surface area (Å²) in [6, 6.07) is 25.5. The Morgan fingerprint density at radius 2 is 1.62 bits per heavy atom. The summed E-state index contributed by atoms with van der Waals surface area (Å²) in [7, 11) is 0. The molecule has 0 radical (unpaired) electrons. The second-order valence-electron chi connectivity index (χ2n) is 7.62. The lowest BCUT2D eigenvalue weighted by atomic mass is 9.96. The van der Waals surface area contributed by atoms with Crippen molar-refractivity contribution in [2.75, 3.05) is 6.54 Å². The minimum atomic E-state index is 0.127. The number of aromatic nitrogens is 1. The highest BCUT2D eigenvalue weighted by Gasteiger charge is 2.25. The van der Waals surface area contributed by atoms with Gasteiger partial charge < -0.3 is 10.2 Å². The molecule has 1 aromatic heterocycles. The number of nitrogens with zero attached hydrogens (tertiary/aromatic N) is 2. The van der Waals surface area contributed by atoms with Gasteiger partial charge in [-0.05, 0) is 35.6 Å². The number of benzene rings is 2. The van der Waals surface area contributed by atoms with Crippen LogP contribution >= 0.6 is 0 Å². The van der Waals surface area contributed by atoms with Crippen LogP contribution in [0.25, 0.3) is 0 Å². The lowest BCUT2D eigenvalue weighted by Gasteiger charge is -2.26. The first-order valence-corrected chi connectivity index (χ1v) is 10.3. The average molecular weight is 386 g/mol. The third kappa shape index (κ3) is 5.09. The fraction of sp³-hybridized carbons (Fsp3) is 0.280. The van der Waals surface area contributed by atoms with Crippen molar-refractivity contribution in [1.29, 1.82) is 0 Å². The molecular formula is C25H27N3O. The van der Waals surface area contributed by atoms with E-state index in [4.69, 9.17) is 0 Å². The zero-order valence-corrected chi connectivity index (χ0v) is 16.6. The molecule has 4 nitrogen and oxygen atoms in total. The summed E-state index contributed by atoms with van der Waals surface area (Å²) in [5.74, 6) is 0.231. The fourth-order valence-electron chi connectivity index (χ4n) is 3.99. The number of hydrogen-bond donors (Lipinski definition) is 1. The van der Waals surface area contributed by atoms with E-state index in [1.54, 1.807) is 6.20 Å². The maximum absolute atomic E-state index is 12.7. The number of pyridine rings is 1. The van der Waals surface area contributed by atoms with Gasteiger partial charge in [-0.2, -0.15) is 0 Å². The zero-order chi connectivity index (χ0) is 19.9. The van der Waals surface area contributed by atoms with Crippen LogP contribution < -0.4 is 5.32 Å². The molecule has 1 aliphatic rings. The van der Waals surface area contributed by atoms with Crippen LogP contribution in [0.5, 0.6) is 0 Å². The Kier molecular flexibility index (Phi) is 6.32. The summed E-state index contributed by atoms with van der Waals surface area (Å²) in [5, 5.41) is 3.84. The molecule has 1 amide bonds. The van der Waals surface area contributed by atoms with Gasteiger partial charge in [-0.15, -0.1) is 0 Å². The predicted molar refractivity (Wildman–Crippen MR) is 115 cm³/mol. The lowest BCUT2D eigenvalue weighted by Crippen LogP contribution is -2.35. The fourth-order valence-corrected chi connectivity index (χ4v) is 3.99. The zero-order valence-electron chi connectivity index (χ0n) is 16.6. The van der Waals surface area contributed by atoms with E-state index in [1.165, 1.54) is 11.1 Å². The molecule has 1 N–H and O–H groups in total. The Bertz CT molecular complexity index is 860. The lowest BCUT2D eigenvalue weighted by molar-refractivity contribution is -0.131. The first kappa shape index (κ1) is 19.3. The molecule has 1 fully saturated rings. The first-order valence-electron chi connectivity index (χ1n) is 10.3. The summed E-state index contributed by atoms with van der Waals surface area (Å²) in [5.41, 5.74) is 3.58. The molecule has 4 rings (SSSR count). The number of nitrogens with one attached hydrogen (secondary N) is 1. The van der Waals surface area contributed by atoms with Crippen LogP contribution in [0, 0.1) is 0 Å². The number of hydrogen-bond acceptors (Lipinski definition) is 3. The Morgan fingerprint density at radius 1 is 0.931 bits per heavy atom. The molecule has 29 heavy (non-hydrogen) atoms. The second-order valence-corrected chi connectivity index (χ2v) is 7.62. The summed E-state index contributed by atoms with van der Waals surface area (Å²) < 4.78 is 0. The topological polar surface area (TPSA) is 45.2 Å². The Balaban J connectivity index is 1.47. The third-order valence-corrected chi connectivity index (χ3v) is 5.57. The van der Waals surface area contributed by atoms with Gasteiger partial charge in [0.05, 0.1) is 6.04 Å². The van der Waals surface area contributed by atoms with Crippen molar-refractivity contribution < 1.29 is 4.79 Å². The normalized spacial score (nSPS) is 17.3. The van der Waals surface area contributed by atoms with E-state index in [0.29, 0.717) is 19.0 Å². The minimum Gasteiger partial charge on any atom is -0.338 e. The van der Waals surface area contributed by atoms with Crippen LogP contribution in [0.15, 0.2) is 85.2 Å². The predicted octanol–water partition coefficient (Wildman–Crippen LogP) is 4.34. The molecule has 1 saturated heterocycles. The van der Waals surface area contributed by atoms with E-state index in [2.05, 4.69) is 58.8 Å². The van der Waals surface area contributed by atoms with Crippen molar-refractivity contribution in [3.8, 4) is 0 Å². The van der Waals surface area contributed by atoms with Gasteiger partial charge in [-0.1, -0.05) is 66.7 Å². The molecule has 0 spiro atoms. The van der Waals surface area contributed by atoms with Gasteiger partial charge in [-0.25, -0.2) is 0 Å². The van der Waals surface area contributed by atoms with Crippen LogP contribution in [0.4, 0.5) is 0 Å². The third-order valence-electron chi connectivity index (χ3n) is 5.57. The highest BCUT2D eigenvalue weighted by atomic mass is 16.2. The van der Waals surface area contributed by atoms with Crippen LogP contribution in [0.3, 0.4) is 0 Å². The van der Waals surface area contributed by atoms with E-state index < -0.39 is 0 Å². The molecule has 2 heterocycles. The molecule has 1 atom stereocenters. The van der Waals surface area contributed by atoms with Crippen molar-refractivity contribution in [2.24, 2.45) is 0 Å². The van der Waals surface area contributed by atoms with Gasteiger partial charge in [-0.3, -0.25) is 9.78 Å². The van der Waals surface area contributed by atoms with Crippen molar-refractivity contribution in [3.05, 3.63) is 102 Å². The van der Waals surface area contributed by atoms with Crippen LogP contribution in [0.2, 0.25) is 0 Å². The van der Waals surface area contributed by atoms with Gasteiger partial charge in [0.2, 0.25) is 5.91 Å². The van der Waals surface area contributed by atoms with E-state index in [1.807, 2.05) is 35.4 Å². The molecule has 148 valence electrons. The molecule has 3 aromatic rings. The molecule has 0 bridgehead atoms. The maximum atomic E-state index is 12.7. The van der Waals surface area contributed by atoms with Crippen LogP contribution in [-0.4, -0.2) is 28.4 Å². The highest BCUT2D eigenvalue weighted by molar-refractivity contribution is 5.76.